The largest absolute Gasteiger partial charge is 0.341 e. The Hall–Kier alpha value is -2.70. The number of amides is 1. The highest BCUT2D eigenvalue weighted by Crippen LogP contribution is 2.30. The molecule has 0 saturated heterocycles. The van der Waals surface area contributed by atoms with Gasteiger partial charge in [-0.3, -0.25) is 4.79 Å². The quantitative estimate of drug-likeness (QED) is 0.330. The number of para-hydroxylation sites is 1. The van der Waals surface area contributed by atoms with Gasteiger partial charge in [0.2, 0.25) is 5.91 Å². The summed E-state index contributed by atoms with van der Waals surface area (Å²) in [4.78, 5) is 24.9. The normalized spacial score (nSPS) is 10.9. The van der Waals surface area contributed by atoms with Crippen molar-refractivity contribution in [2.45, 2.75) is 11.6 Å². The summed E-state index contributed by atoms with van der Waals surface area (Å²) in [6.07, 6.45) is 0. The Morgan fingerprint density at radius 1 is 1.00 bits per heavy atom. The number of carbonyl (C=O) groups excluding carboxylic acids is 1. The van der Waals surface area contributed by atoms with Gasteiger partial charge < -0.3 is 4.90 Å². The van der Waals surface area contributed by atoms with E-state index in [-0.39, 0.29) is 5.91 Å². The van der Waals surface area contributed by atoms with Crippen molar-refractivity contribution in [3.8, 4) is 10.7 Å². The van der Waals surface area contributed by atoms with Gasteiger partial charge in [-0.25, -0.2) is 9.97 Å². The van der Waals surface area contributed by atoms with Crippen LogP contribution in [0, 0.1) is 0 Å². The zero-order valence-electron chi connectivity index (χ0n) is 15.4. The van der Waals surface area contributed by atoms with E-state index in [4.69, 9.17) is 4.98 Å². The molecule has 140 valence electrons. The second kappa shape index (κ2) is 8.54. The highest BCUT2D eigenvalue weighted by molar-refractivity contribution is 8.00. The fourth-order valence-electron chi connectivity index (χ4n) is 2.86. The second-order valence-corrected chi connectivity index (χ2v) is 8.28. The molecule has 1 amide bonds. The van der Waals surface area contributed by atoms with Gasteiger partial charge in [0.1, 0.15) is 5.03 Å². The SMILES string of the molecule is CN(Cc1ccccc1)C(=O)CSc1nc(-c2cccs2)nc2ccccc12. The van der Waals surface area contributed by atoms with Crippen LogP contribution < -0.4 is 0 Å². The van der Waals surface area contributed by atoms with Crippen molar-refractivity contribution in [2.24, 2.45) is 0 Å². The molecule has 0 radical (unpaired) electrons. The van der Waals surface area contributed by atoms with Gasteiger partial charge in [0.05, 0.1) is 16.1 Å². The van der Waals surface area contributed by atoms with Gasteiger partial charge >= 0.3 is 0 Å². The maximum atomic E-state index is 12.6. The highest BCUT2D eigenvalue weighted by atomic mass is 32.2. The first-order chi connectivity index (χ1) is 13.7. The topological polar surface area (TPSA) is 46.1 Å². The van der Waals surface area contributed by atoms with Gasteiger partial charge in [-0.15, -0.1) is 11.3 Å². The standard InChI is InChI=1S/C22H19N3OS2/c1-25(14-16-8-3-2-4-9-16)20(26)15-28-22-17-10-5-6-11-18(17)23-21(24-22)19-12-7-13-27-19/h2-13H,14-15H2,1H3. The van der Waals surface area contributed by atoms with Crippen molar-refractivity contribution in [3.63, 3.8) is 0 Å². The highest BCUT2D eigenvalue weighted by Gasteiger charge is 2.14. The van der Waals surface area contributed by atoms with Crippen molar-refractivity contribution in [2.75, 3.05) is 12.8 Å². The molecular formula is C22H19N3OS2. The monoisotopic (exact) mass is 405 g/mol. The molecule has 0 atom stereocenters. The third-order valence-electron chi connectivity index (χ3n) is 4.33. The lowest BCUT2D eigenvalue weighted by molar-refractivity contribution is -0.127. The lowest BCUT2D eigenvalue weighted by Crippen LogP contribution is -2.27. The summed E-state index contributed by atoms with van der Waals surface area (Å²) in [5, 5.41) is 3.84. The minimum absolute atomic E-state index is 0.0780. The molecule has 0 aliphatic rings. The number of hydrogen-bond donors (Lipinski definition) is 0. The van der Waals surface area contributed by atoms with Crippen molar-refractivity contribution in [1.29, 1.82) is 0 Å². The van der Waals surface area contributed by atoms with Crippen molar-refractivity contribution < 1.29 is 4.79 Å². The number of thiophene rings is 1. The molecule has 2 aromatic carbocycles. The number of carbonyl (C=O) groups is 1. The van der Waals surface area contributed by atoms with Crippen LogP contribution in [0.25, 0.3) is 21.6 Å². The van der Waals surface area contributed by atoms with Crippen LogP contribution in [0.3, 0.4) is 0 Å². The number of rotatable bonds is 6. The molecule has 4 nitrogen and oxygen atoms in total. The molecule has 2 aromatic heterocycles. The first-order valence-corrected chi connectivity index (χ1v) is 10.8. The summed E-state index contributed by atoms with van der Waals surface area (Å²) >= 11 is 3.09. The molecule has 0 aliphatic heterocycles. The molecule has 0 N–H and O–H groups in total. The van der Waals surface area contributed by atoms with Crippen molar-refractivity contribution in [3.05, 3.63) is 77.7 Å². The van der Waals surface area contributed by atoms with Crippen LogP contribution >= 0.6 is 23.1 Å². The third-order valence-corrected chi connectivity index (χ3v) is 6.17. The second-order valence-electron chi connectivity index (χ2n) is 6.37. The smallest absolute Gasteiger partial charge is 0.233 e. The molecule has 6 heteroatoms. The van der Waals surface area contributed by atoms with E-state index >= 15 is 0 Å². The van der Waals surface area contributed by atoms with E-state index in [1.165, 1.54) is 11.8 Å². The zero-order chi connectivity index (χ0) is 19.3. The van der Waals surface area contributed by atoms with Crippen molar-refractivity contribution >= 4 is 39.9 Å². The average Bonchev–Trinajstić information content (AvgIpc) is 3.27. The van der Waals surface area contributed by atoms with Gasteiger partial charge in [0, 0.05) is 19.0 Å². The summed E-state index contributed by atoms with van der Waals surface area (Å²) in [5.41, 5.74) is 2.02. The summed E-state index contributed by atoms with van der Waals surface area (Å²) in [6, 6.07) is 22.0. The molecule has 28 heavy (non-hydrogen) atoms. The van der Waals surface area contributed by atoms with E-state index in [1.54, 1.807) is 16.2 Å². The van der Waals surface area contributed by atoms with Crippen LogP contribution in [0.2, 0.25) is 0 Å². The van der Waals surface area contributed by atoms with E-state index in [1.807, 2.05) is 79.2 Å². The van der Waals surface area contributed by atoms with Crippen LogP contribution in [-0.4, -0.2) is 33.6 Å². The lowest BCUT2D eigenvalue weighted by atomic mass is 10.2. The molecule has 0 fully saturated rings. The molecule has 0 saturated carbocycles. The van der Waals surface area contributed by atoms with E-state index in [9.17, 15) is 4.79 Å². The number of fused-ring (bicyclic) bond motifs is 1. The number of benzene rings is 2. The summed E-state index contributed by atoms with van der Waals surface area (Å²) < 4.78 is 0. The van der Waals surface area contributed by atoms with E-state index in [0.717, 1.165) is 26.4 Å². The Labute approximate surface area is 172 Å². The Morgan fingerprint density at radius 3 is 2.57 bits per heavy atom. The molecule has 4 aromatic rings. The average molecular weight is 406 g/mol. The fourth-order valence-corrected chi connectivity index (χ4v) is 4.48. The van der Waals surface area contributed by atoms with Gasteiger partial charge in [-0.2, -0.15) is 0 Å². The Bertz CT molecular complexity index is 1080. The predicted octanol–water partition coefficient (Wildman–Crippen LogP) is 5.11. The Balaban J connectivity index is 1.53. The maximum Gasteiger partial charge on any atom is 0.233 e. The van der Waals surface area contributed by atoms with Crippen LogP contribution in [-0.2, 0) is 11.3 Å². The van der Waals surface area contributed by atoms with Gasteiger partial charge in [0.25, 0.3) is 0 Å². The van der Waals surface area contributed by atoms with Crippen molar-refractivity contribution in [1.82, 2.24) is 14.9 Å². The Kier molecular flexibility index (Phi) is 5.69. The van der Waals surface area contributed by atoms with E-state index < -0.39 is 0 Å². The molecule has 0 spiro atoms. The first kappa shape index (κ1) is 18.7. The molecule has 0 aliphatic carbocycles. The van der Waals surface area contributed by atoms with E-state index in [2.05, 4.69) is 4.98 Å². The number of nitrogens with zero attached hydrogens (tertiary/aromatic N) is 3. The summed E-state index contributed by atoms with van der Waals surface area (Å²) in [7, 11) is 1.84. The number of aromatic nitrogens is 2. The fraction of sp³-hybridized carbons (Fsp3) is 0.136. The first-order valence-electron chi connectivity index (χ1n) is 8.92. The number of hydrogen-bond acceptors (Lipinski definition) is 5. The molecule has 0 bridgehead atoms. The third kappa shape index (κ3) is 4.24. The number of thioether (sulfide) groups is 1. The molecule has 2 heterocycles. The molecule has 4 rings (SSSR count). The van der Waals surface area contributed by atoms with Crippen LogP contribution in [0.1, 0.15) is 5.56 Å². The summed E-state index contributed by atoms with van der Waals surface area (Å²) in [6.45, 7) is 0.602. The zero-order valence-corrected chi connectivity index (χ0v) is 17.0. The minimum Gasteiger partial charge on any atom is -0.341 e. The van der Waals surface area contributed by atoms with Crippen LogP contribution in [0.4, 0.5) is 0 Å². The van der Waals surface area contributed by atoms with Crippen LogP contribution in [0.15, 0.2) is 77.1 Å². The Morgan fingerprint density at radius 2 is 1.79 bits per heavy atom. The molecule has 0 unspecified atom stereocenters. The lowest BCUT2D eigenvalue weighted by Gasteiger charge is -2.17. The van der Waals surface area contributed by atoms with Gasteiger partial charge in [0.15, 0.2) is 5.82 Å². The van der Waals surface area contributed by atoms with Gasteiger partial charge in [-0.1, -0.05) is 66.4 Å². The predicted molar refractivity (Wildman–Crippen MR) is 116 cm³/mol. The summed E-state index contributed by atoms with van der Waals surface area (Å²) in [5.74, 6) is 1.13. The molecular weight excluding hydrogens is 386 g/mol. The maximum absolute atomic E-state index is 12.6. The minimum atomic E-state index is 0.0780. The van der Waals surface area contributed by atoms with Crippen LogP contribution in [0.5, 0.6) is 0 Å². The van der Waals surface area contributed by atoms with Gasteiger partial charge in [-0.05, 0) is 23.1 Å². The van der Waals surface area contributed by atoms with E-state index in [0.29, 0.717) is 18.1 Å².